The molecule has 1 aromatic carbocycles. The fourth-order valence-corrected chi connectivity index (χ4v) is 5.22. The van der Waals surface area contributed by atoms with Gasteiger partial charge in [-0.05, 0) is 55.9 Å². The van der Waals surface area contributed by atoms with Crippen LogP contribution < -0.4 is 5.32 Å². The molecule has 0 radical (unpaired) electrons. The number of aromatic nitrogens is 4. The number of nitrogens with zero attached hydrogens (tertiary/aromatic N) is 4. The van der Waals surface area contributed by atoms with Gasteiger partial charge < -0.3 is 10.1 Å². The Morgan fingerprint density at radius 2 is 1.88 bits per heavy atom. The first-order chi connectivity index (χ1) is 16.2. The van der Waals surface area contributed by atoms with Gasteiger partial charge in [0.05, 0.1) is 5.57 Å². The number of carbonyl (C=O) groups excluding carboxylic acids is 1. The zero-order valence-corrected chi connectivity index (χ0v) is 19.4. The van der Waals surface area contributed by atoms with Crippen LogP contribution in [0.5, 0.6) is 0 Å². The van der Waals surface area contributed by atoms with Crippen LogP contribution in [-0.2, 0) is 15.3 Å². The third-order valence-corrected chi connectivity index (χ3v) is 7.02. The van der Waals surface area contributed by atoms with E-state index in [4.69, 9.17) is 14.8 Å². The maximum Gasteiger partial charge on any atom is 0.338 e. The topological polar surface area (TPSA) is 81.9 Å². The van der Waals surface area contributed by atoms with E-state index >= 15 is 0 Å². The van der Waals surface area contributed by atoms with Crippen molar-refractivity contribution in [2.45, 2.75) is 62.1 Å². The van der Waals surface area contributed by atoms with Crippen LogP contribution in [0.15, 0.2) is 71.3 Å². The van der Waals surface area contributed by atoms with Crippen molar-refractivity contribution >= 4 is 23.7 Å². The molecule has 1 fully saturated rings. The quantitative estimate of drug-likeness (QED) is 0.402. The number of hydrogen-bond donors (Lipinski definition) is 1. The zero-order valence-electron chi connectivity index (χ0n) is 18.6. The molecule has 1 saturated carbocycles. The first-order valence-electron chi connectivity index (χ1n) is 11.4. The minimum atomic E-state index is -0.418. The number of pyridine rings is 1. The van der Waals surface area contributed by atoms with E-state index in [9.17, 15) is 4.79 Å². The lowest BCUT2D eigenvalue weighted by molar-refractivity contribution is -0.146. The van der Waals surface area contributed by atoms with Gasteiger partial charge in [-0.2, -0.15) is 4.98 Å². The highest BCUT2D eigenvalue weighted by Crippen LogP contribution is 2.37. The molecular weight excluding hydrogens is 434 g/mol. The Balaban J connectivity index is 1.44. The second-order valence-corrected chi connectivity index (χ2v) is 9.39. The molecule has 170 valence electrons. The Morgan fingerprint density at radius 1 is 1.12 bits per heavy atom. The summed E-state index contributed by atoms with van der Waals surface area (Å²) >= 11 is 1.57. The second-order valence-electron chi connectivity index (χ2n) is 8.45. The summed E-state index contributed by atoms with van der Waals surface area (Å²) in [6.07, 6.45) is 8.74. The van der Waals surface area contributed by atoms with Gasteiger partial charge in [-0.15, -0.1) is 5.10 Å². The number of carbonyl (C=O) groups is 1. The lowest BCUT2D eigenvalue weighted by Crippen LogP contribution is -2.32. The van der Waals surface area contributed by atoms with Crippen molar-refractivity contribution < 1.29 is 9.53 Å². The number of nitrogens with one attached hydrogen (secondary N) is 1. The summed E-state index contributed by atoms with van der Waals surface area (Å²) < 4.78 is 7.76. The van der Waals surface area contributed by atoms with Crippen LogP contribution >= 0.6 is 11.8 Å². The Labute approximate surface area is 197 Å². The highest BCUT2D eigenvalue weighted by atomic mass is 32.2. The van der Waals surface area contributed by atoms with Crippen molar-refractivity contribution in [2.75, 3.05) is 5.32 Å². The standard InChI is InChI=1S/C25H27N5O2S/c1-17-21(23(31)32-20-10-6-3-7-11-20)22(19-12-14-26-15-13-19)30-24(27-17)28-25(29-30)33-16-18-8-4-2-5-9-18/h2,4-5,8-9,12-15,20,22H,3,6-7,10-11,16H2,1H3,(H,27,28,29). The van der Waals surface area contributed by atoms with Gasteiger partial charge in [-0.1, -0.05) is 48.5 Å². The summed E-state index contributed by atoms with van der Waals surface area (Å²) in [7, 11) is 0. The van der Waals surface area contributed by atoms with Crippen LogP contribution in [0, 0.1) is 0 Å². The normalized spacial score (nSPS) is 18.5. The van der Waals surface area contributed by atoms with Crippen molar-refractivity contribution in [3.63, 3.8) is 0 Å². The van der Waals surface area contributed by atoms with Crippen molar-refractivity contribution in [1.29, 1.82) is 0 Å². The Morgan fingerprint density at radius 3 is 2.64 bits per heavy atom. The van der Waals surface area contributed by atoms with E-state index in [1.165, 1.54) is 12.0 Å². The number of ether oxygens (including phenoxy) is 1. The molecule has 1 N–H and O–H groups in total. The van der Waals surface area contributed by atoms with Crippen molar-refractivity contribution in [3.8, 4) is 0 Å². The van der Waals surface area contributed by atoms with Crippen LogP contribution in [0.4, 0.5) is 5.95 Å². The first-order valence-corrected chi connectivity index (χ1v) is 12.4. The molecule has 2 aromatic heterocycles. The number of thioether (sulfide) groups is 1. The molecule has 1 unspecified atom stereocenters. The van der Waals surface area contributed by atoms with Gasteiger partial charge in [0.2, 0.25) is 11.1 Å². The maximum atomic E-state index is 13.4. The molecule has 8 heteroatoms. The fraction of sp³-hybridized carbons (Fsp3) is 0.360. The molecule has 3 heterocycles. The maximum absolute atomic E-state index is 13.4. The lowest BCUT2D eigenvalue weighted by Gasteiger charge is -2.30. The van der Waals surface area contributed by atoms with E-state index in [0.717, 1.165) is 42.7 Å². The summed E-state index contributed by atoms with van der Waals surface area (Å²) in [6, 6.07) is 13.7. The van der Waals surface area contributed by atoms with Crippen LogP contribution in [-0.4, -0.2) is 31.8 Å². The average molecular weight is 462 g/mol. The number of anilines is 1. The Bertz CT molecular complexity index is 1140. The summed E-state index contributed by atoms with van der Waals surface area (Å²) in [6.45, 7) is 1.90. The predicted molar refractivity (Wildman–Crippen MR) is 128 cm³/mol. The van der Waals surface area contributed by atoms with Gasteiger partial charge in [0.1, 0.15) is 12.1 Å². The minimum Gasteiger partial charge on any atom is -0.459 e. The minimum absolute atomic E-state index is 0.0150. The number of fused-ring (bicyclic) bond motifs is 1. The van der Waals surface area contributed by atoms with Crippen molar-refractivity contribution in [2.24, 2.45) is 0 Å². The summed E-state index contributed by atoms with van der Waals surface area (Å²) in [5.41, 5.74) is 3.45. The van der Waals surface area contributed by atoms with E-state index < -0.39 is 6.04 Å². The zero-order chi connectivity index (χ0) is 22.6. The number of esters is 1. The highest BCUT2D eigenvalue weighted by Gasteiger charge is 2.36. The van der Waals surface area contributed by atoms with E-state index in [1.807, 2.05) is 37.3 Å². The molecule has 5 rings (SSSR count). The van der Waals surface area contributed by atoms with Crippen LogP contribution in [0.1, 0.15) is 56.2 Å². The van der Waals surface area contributed by atoms with E-state index in [2.05, 4.69) is 22.4 Å². The van der Waals surface area contributed by atoms with Crippen molar-refractivity contribution in [3.05, 3.63) is 77.3 Å². The highest BCUT2D eigenvalue weighted by molar-refractivity contribution is 7.98. The number of hydrogen-bond acceptors (Lipinski definition) is 7. The molecule has 2 aliphatic rings. The van der Waals surface area contributed by atoms with E-state index in [1.54, 1.807) is 28.8 Å². The van der Waals surface area contributed by atoms with E-state index in [0.29, 0.717) is 16.7 Å². The fourth-order valence-electron chi connectivity index (χ4n) is 4.43. The van der Waals surface area contributed by atoms with Crippen LogP contribution in [0.3, 0.4) is 0 Å². The molecule has 3 aromatic rings. The van der Waals surface area contributed by atoms with Crippen molar-refractivity contribution in [1.82, 2.24) is 19.7 Å². The lowest BCUT2D eigenvalue weighted by atomic mass is 9.95. The van der Waals surface area contributed by atoms with Gasteiger partial charge in [-0.3, -0.25) is 4.98 Å². The van der Waals surface area contributed by atoms with Gasteiger partial charge >= 0.3 is 5.97 Å². The Kier molecular flexibility index (Phi) is 6.44. The predicted octanol–water partition coefficient (Wildman–Crippen LogP) is 5.13. The van der Waals surface area contributed by atoms with Gasteiger partial charge in [0.25, 0.3) is 0 Å². The molecule has 1 aliphatic carbocycles. The summed E-state index contributed by atoms with van der Waals surface area (Å²) in [4.78, 5) is 22.2. The Hall–Kier alpha value is -3.13. The number of rotatable bonds is 6. The number of benzene rings is 1. The number of allylic oxidation sites excluding steroid dienone is 1. The van der Waals surface area contributed by atoms with E-state index in [-0.39, 0.29) is 12.1 Å². The molecule has 0 spiro atoms. The first kappa shape index (κ1) is 21.7. The molecule has 1 aliphatic heterocycles. The molecule has 7 nitrogen and oxygen atoms in total. The van der Waals surface area contributed by atoms with Crippen LogP contribution in [0.2, 0.25) is 0 Å². The molecule has 0 saturated heterocycles. The third-order valence-electron chi connectivity index (χ3n) is 6.11. The van der Waals surface area contributed by atoms with Gasteiger partial charge in [0.15, 0.2) is 0 Å². The van der Waals surface area contributed by atoms with Crippen LogP contribution in [0.25, 0.3) is 0 Å². The van der Waals surface area contributed by atoms with Gasteiger partial charge in [0, 0.05) is 23.8 Å². The molecular formula is C25H27N5O2S. The SMILES string of the molecule is CC1=C(C(=O)OC2CCCCC2)C(c2ccncc2)n2nc(SCc3ccccc3)nc2N1. The smallest absolute Gasteiger partial charge is 0.338 e. The summed E-state index contributed by atoms with van der Waals surface area (Å²) in [5.74, 6) is 1.11. The van der Waals surface area contributed by atoms with Gasteiger partial charge in [-0.25, -0.2) is 9.48 Å². The molecule has 1 atom stereocenters. The summed E-state index contributed by atoms with van der Waals surface area (Å²) in [5, 5.41) is 8.73. The third kappa shape index (κ3) is 4.80. The molecule has 33 heavy (non-hydrogen) atoms. The monoisotopic (exact) mass is 461 g/mol. The second kappa shape index (κ2) is 9.79. The average Bonchev–Trinajstić information content (AvgIpc) is 3.26. The molecule has 0 amide bonds. The largest absolute Gasteiger partial charge is 0.459 e. The molecule has 0 bridgehead atoms.